The van der Waals surface area contributed by atoms with Gasteiger partial charge in [-0.05, 0) is 67.3 Å². The zero-order valence-electron chi connectivity index (χ0n) is 20.1. The molecule has 6 nitrogen and oxygen atoms in total. The Morgan fingerprint density at radius 2 is 1.85 bits per heavy atom. The van der Waals surface area contributed by atoms with Crippen molar-refractivity contribution in [2.75, 3.05) is 11.5 Å². The lowest BCUT2D eigenvalue weighted by molar-refractivity contribution is -0.132. The number of aliphatic hydroxyl groups excluding tert-OH is 1. The van der Waals surface area contributed by atoms with Gasteiger partial charge in [0.1, 0.15) is 23.3 Å². The minimum absolute atomic E-state index is 0.00882. The standard InChI is InChI=1S/C28H29NO5/c1-6-33-21-13-12-18(16-20(21)28(3,4)5)25(30)23-24(22-11-8-14-34-22)29(27(32)26(23)31)19-10-7-9-17(2)15-19/h7-16,24,30H,6H2,1-5H3/b25-23-. The first-order valence-electron chi connectivity index (χ1n) is 11.3. The molecule has 1 amide bonds. The lowest BCUT2D eigenvalue weighted by atomic mass is 9.84. The molecule has 0 radical (unpaired) electrons. The molecule has 1 atom stereocenters. The summed E-state index contributed by atoms with van der Waals surface area (Å²) in [5.74, 6) is -0.607. The molecule has 0 saturated carbocycles. The average molecular weight is 460 g/mol. The van der Waals surface area contributed by atoms with Crippen LogP contribution >= 0.6 is 0 Å². The van der Waals surface area contributed by atoms with Crippen molar-refractivity contribution < 1.29 is 23.8 Å². The number of ether oxygens (including phenoxy) is 1. The molecule has 1 unspecified atom stereocenters. The maximum Gasteiger partial charge on any atom is 0.300 e. The maximum atomic E-state index is 13.3. The fraction of sp³-hybridized carbons (Fsp3) is 0.286. The lowest BCUT2D eigenvalue weighted by Gasteiger charge is -2.25. The Bertz CT molecular complexity index is 1260. The minimum Gasteiger partial charge on any atom is -0.507 e. The monoisotopic (exact) mass is 459 g/mol. The molecule has 2 heterocycles. The summed E-state index contributed by atoms with van der Waals surface area (Å²) in [4.78, 5) is 27.9. The van der Waals surface area contributed by atoms with Gasteiger partial charge in [-0.2, -0.15) is 0 Å². The van der Waals surface area contributed by atoms with E-state index in [2.05, 4.69) is 0 Å². The number of nitrogens with zero attached hydrogens (tertiary/aromatic N) is 1. The second-order valence-electron chi connectivity index (χ2n) is 9.42. The molecule has 1 saturated heterocycles. The van der Waals surface area contributed by atoms with Crippen molar-refractivity contribution in [2.45, 2.75) is 46.1 Å². The second-order valence-corrected chi connectivity index (χ2v) is 9.42. The number of Topliss-reactive ketones (excluding diaryl/α,β-unsaturated/α-hetero) is 1. The van der Waals surface area contributed by atoms with Gasteiger partial charge in [0.05, 0.1) is 18.4 Å². The number of rotatable bonds is 5. The van der Waals surface area contributed by atoms with Crippen LogP contribution in [0, 0.1) is 6.92 Å². The molecule has 1 aliphatic rings. The van der Waals surface area contributed by atoms with Gasteiger partial charge in [0.2, 0.25) is 0 Å². The first-order valence-corrected chi connectivity index (χ1v) is 11.3. The van der Waals surface area contributed by atoms with Crippen LogP contribution in [0.15, 0.2) is 70.9 Å². The van der Waals surface area contributed by atoms with E-state index in [-0.39, 0.29) is 16.7 Å². The van der Waals surface area contributed by atoms with E-state index < -0.39 is 17.7 Å². The topological polar surface area (TPSA) is 80.0 Å². The van der Waals surface area contributed by atoms with E-state index in [1.807, 2.05) is 58.9 Å². The van der Waals surface area contributed by atoms with Gasteiger partial charge in [0.15, 0.2) is 0 Å². The molecular formula is C28H29NO5. The zero-order valence-corrected chi connectivity index (χ0v) is 20.1. The highest BCUT2D eigenvalue weighted by molar-refractivity contribution is 6.51. The number of ketones is 1. The predicted octanol–water partition coefficient (Wildman–Crippen LogP) is 5.91. The summed E-state index contributed by atoms with van der Waals surface area (Å²) in [5.41, 5.74) is 2.55. The van der Waals surface area contributed by atoms with Gasteiger partial charge in [0, 0.05) is 16.8 Å². The first-order chi connectivity index (χ1) is 16.1. The number of furan rings is 1. The average Bonchev–Trinajstić information content (AvgIpc) is 3.40. The van der Waals surface area contributed by atoms with Crippen LogP contribution in [0.5, 0.6) is 5.75 Å². The van der Waals surface area contributed by atoms with E-state index in [0.717, 1.165) is 11.1 Å². The van der Waals surface area contributed by atoms with Gasteiger partial charge in [-0.25, -0.2) is 0 Å². The van der Waals surface area contributed by atoms with Gasteiger partial charge >= 0.3 is 0 Å². The third-order valence-electron chi connectivity index (χ3n) is 5.90. The van der Waals surface area contributed by atoms with E-state index >= 15 is 0 Å². The third kappa shape index (κ3) is 4.12. The normalized spacial score (nSPS) is 17.9. The molecule has 2 aromatic carbocycles. The number of carbonyl (C=O) groups excluding carboxylic acids is 2. The Labute approximate surface area is 199 Å². The molecule has 1 aromatic heterocycles. The highest BCUT2D eigenvalue weighted by Crippen LogP contribution is 2.43. The van der Waals surface area contributed by atoms with Crippen molar-refractivity contribution in [1.29, 1.82) is 0 Å². The van der Waals surface area contributed by atoms with Gasteiger partial charge in [-0.3, -0.25) is 14.5 Å². The highest BCUT2D eigenvalue weighted by Gasteiger charge is 2.48. The van der Waals surface area contributed by atoms with Gasteiger partial charge < -0.3 is 14.3 Å². The molecule has 1 fully saturated rings. The summed E-state index contributed by atoms with van der Waals surface area (Å²) in [5, 5.41) is 11.4. The van der Waals surface area contributed by atoms with E-state index in [1.54, 1.807) is 30.3 Å². The zero-order chi connectivity index (χ0) is 24.6. The summed E-state index contributed by atoms with van der Waals surface area (Å²) in [6.45, 7) is 10.5. The van der Waals surface area contributed by atoms with Gasteiger partial charge in [-0.15, -0.1) is 0 Å². The molecule has 1 aliphatic heterocycles. The smallest absolute Gasteiger partial charge is 0.300 e. The molecule has 6 heteroatoms. The Hall–Kier alpha value is -3.80. The van der Waals surface area contributed by atoms with E-state index in [9.17, 15) is 14.7 Å². The van der Waals surface area contributed by atoms with Crippen molar-refractivity contribution >= 4 is 23.1 Å². The molecular weight excluding hydrogens is 430 g/mol. The summed E-state index contributed by atoms with van der Waals surface area (Å²) in [6, 6.07) is 15.2. The van der Waals surface area contributed by atoms with Crippen LogP contribution in [0.4, 0.5) is 5.69 Å². The molecule has 3 aromatic rings. The van der Waals surface area contributed by atoms with E-state index in [1.165, 1.54) is 11.2 Å². The summed E-state index contributed by atoms with van der Waals surface area (Å²) < 4.78 is 11.4. The SMILES string of the molecule is CCOc1ccc(/C(O)=C2/C(=O)C(=O)N(c3cccc(C)c3)C2c2ccco2)cc1C(C)(C)C. The fourth-order valence-corrected chi connectivity index (χ4v) is 4.29. The second kappa shape index (κ2) is 8.86. The Balaban J connectivity index is 1.92. The lowest BCUT2D eigenvalue weighted by Crippen LogP contribution is -2.29. The predicted molar refractivity (Wildman–Crippen MR) is 131 cm³/mol. The van der Waals surface area contributed by atoms with Crippen LogP contribution in [0.25, 0.3) is 5.76 Å². The van der Waals surface area contributed by atoms with E-state index in [0.29, 0.717) is 29.4 Å². The van der Waals surface area contributed by atoms with Crippen LogP contribution < -0.4 is 9.64 Å². The van der Waals surface area contributed by atoms with Crippen LogP contribution in [-0.2, 0) is 15.0 Å². The summed E-state index contributed by atoms with van der Waals surface area (Å²) in [7, 11) is 0. The first kappa shape index (κ1) is 23.4. The minimum atomic E-state index is -0.888. The molecule has 0 aliphatic carbocycles. The van der Waals surface area contributed by atoms with Crippen LogP contribution in [0.1, 0.15) is 56.2 Å². The molecule has 34 heavy (non-hydrogen) atoms. The summed E-state index contributed by atoms with van der Waals surface area (Å²) >= 11 is 0. The molecule has 0 bridgehead atoms. The highest BCUT2D eigenvalue weighted by atomic mass is 16.5. The number of aliphatic hydroxyl groups is 1. The number of hydrogen-bond acceptors (Lipinski definition) is 5. The van der Waals surface area contributed by atoms with Crippen LogP contribution in [-0.4, -0.2) is 23.4 Å². The number of anilines is 1. The van der Waals surface area contributed by atoms with Gasteiger partial charge in [-0.1, -0.05) is 32.9 Å². The Morgan fingerprint density at radius 3 is 2.47 bits per heavy atom. The van der Waals surface area contributed by atoms with Crippen molar-refractivity contribution in [3.05, 3.63) is 88.9 Å². The summed E-state index contributed by atoms with van der Waals surface area (Å²) in [6.07, 6.45) is 1.49. The number of carbonyl (C=O) groups is 2. The molecule has 4 rings (SSSR count). The molecule has 1 N–H and O–H groups in total. The number of amides is 1. The molecule has 176 valence electrons. The quantitative estimate of drug-likeness (QED) is 0.291. The molecule has 0 spiro atoms. The largest absolute Gasteiger partial charge is 0.507 e. The van der Waals surface area contributed by atoms with Crippen molar-refractivity contribution in [3.63, 3.8) is 0 Å². The van der Waals surface area contributed by atoms with Crippen molar-refractivity contribution in [3.8, 4) is 5.75 Å². The third-order valence-corrected chi connectivity index (χ3v) is 5.90. The van der Waals surface area contributed by atoms with Crippen molar-refractivity contribution in [1.82, 2.24) is 0 Å². The Kier molecular flexibility index (Phi) is 6.09. The van der Waals surface area contributed by atoms with Gasteiger partial charge in [0.25, 0.3) is 11.7 Å². The van der Waals surface area contributed by atoms with Crippen LogP contribution in [0.3, 0.4) is 0 Å². The number of aryl methyl sites for hydroxylation is 1. The van der Waals surface area contributed by atoms with Crippen molar-refractivity contribution in [2.24, 2.45) is 0 Å². The number of benzene rings is 2. The maximum absolute atomic E-state index is 13.3. The number of hydrogen-bond donors (Lipinski definition) is 1. The van der Waals surface area contributed by atoms with E-state index in [4.69, 9.17) is 9.15 Å². The van der Waals surface area contributed by atoms with Crippen LogP contribution in [0.2, 0.25) is 0 Å². The fourth-order valence-electron chi connectivity index (χ4n) is 4.29. The Morgan fingerprint density at radius 1 is 1.09 bits per heavy atom.